The fraction of sp³-hybridized carbons (Fsp3) is 0.125. The molecule has 1 atom stereocenters. The molecular formula is C16H10Cl3N3O3S. The molecule has 1 N–H and O–H groups in total. The first-order valence-electron chi connectivity index (χ1n) is 7.22. The molecule has 1 amide bonds. The zero-order valence-corrected chi connectivity index (χ0v) is 16.2. The number of nitrogens with zero attached hydrogens (tertiary/aromatic N) is 2. The summed E-state index contributed by atoms with van der Waals surface area (Å²) in [6, 6.07) is 4.80. The predicted molar refractivity (Wildman–Crippen MR) is 102 cm³/mol. The molecule has 2 heterocycles. The minimum atomic E-state index is -1.08. The third-order valence-corrected chi connectivity index (χ3v) is 5.41. The first kappa shape index (κ1) is 18.8. The number of carbonyl (C=O) groups excluding carboxylic acids is 2. The van der Waals surface area contributed by atoms with Crippen molar-refractivity contribution in [3.8, 4) is 0 Å². The third-order valence-electron chi connectivity index (χ3n) is 3.29. The van der Waals surface area contributed by atoms with Crippen LogP contribution in [0, 0.1) is 0 Å². The number of carbonyl (C=O) groups is 2. The number of benzene rings is 1. The number of nitrogens with one attached hydrogen (secondary N) is 1. The van der Waals surface area contributed by atoms with Gasteiger partial charge in [0.1, 0.15) is 4.88 Å². The number of ether oxygens (including phenoxy) is 1. The summed E-state index contributed by atoms with van der Waals surface area (Å²) in [5, 5.41) is 3.89. The van der Waals surface area contributed by atoms with Gasteiger partial charge in [-0.25, -0.2) is 14.8 Å². The zero-order chi connectivity index (χ0) is 18.8. The number of thiophene rings is 1. The molecule has 1 unspecified atom stereocenters. The standard InChI is InChI=1S/C16H10Cl3N3O3S/c1-7(14(23)22-16-20-3-2-4-21-16)25-15(24)13-12(19)11-9(18)5-8(17)6-10(11)26-13/h2-7H,1H3,(H,20,21,22,23). The van der Waals surface area contributed by atoms with Crippen molar-refractivity contribution in [1.82, 2.24) is 9.97 Å². The van der Waals surface area contributed by atoms with Gasteiger partial charge in [0.05, 0.1) is 10.0 Å². The quantitative estimate of drug-likeness (QED) is 0.599. The first-order valence-corrected chi connectivity index (χ1v) is 9.17. The number of anilines is 1. The van der Waals surface area contributed by atoms with Crippen LogP contribution in [0.1, 0.15) is 16.6 Å². The molecule has 10 heteroatoms. The molecule has 1 aromatic carbocycles. The summed E-state index contributed by atoms with van der Waals surface area (Å²) in [5.74, 6) is -1.19. The molecule has 0 aliphatic heterocycles. The highest BCUT2D eigenvalue weighted by Gasteiger charge is 2.25. The van der Waals surface area contributed by atoms with Crippen LogP contribution in [0.25, 0.3) is 10.1 Å². The molecule has 3 rings (SSSR count). The van der Waals surface area contributed by atoms with E-state index in [0.717, 1.165) is 11.3 Å². The van der Waals surface area contributed by atoms with E-state index in [1.165, 1.54) is 25.4 Å². The van der Waals surface area contributed by atoms with Gasteiger partial charge in [-0.15, -0.1) is 11.3 Å². The van der Waals surface area contributed by atoms with Gasteiger partial charge >= 0.3 is 5.97 Å². The fourth-order valence-electron chi connectivity index (χ4n) is 2.09. The van der Waals surface area contributed by atoms with E-state index in [-0.39, 0.29) is 15.8 Å². The van der Waals surface area contributed by atoms with Gasteiger partial charge < -0.3 is 4.74 Å². The zero-order valence-electron chi connectivity index (χ0n) is 13.1. The molecule has 0 saturated heterocycles. The van der Waals surface area contributed by atoms with E-state index in [2.05, 4.69) is 15.3 Å². The van der Waals surface area contributed by atoms with Gasteiger partial charge in [-0.1, -0.05) is 34.8 Å². The lowest BCUT2D eigenvalue weighted by Crippen LogP contribution is -2.30. The van der Waals surface area contributed by atoms with E-state index >= 15 is 0 Å². The lowest BCUT2D eigenvalue weighted by molar-refractivity contribution is -0.123. The van der Waals surface area contributed by atoms with E-state index in [4.69, 9.17) is 39.5 Å². The molecule has 0 saturated carbocycles. The number of aromatic nitrogens is 2. The maximum absolute atomic E-state index is 12.4. The molecule has 0 bridgehead atoms. The molecule has 26 heavy (non-hydrogen) atoms. The largest absolute Gasteiger partial charge is 0.448 e. The summed E-state index contributed by atoms with van der Waals surface area (Å²) < 4.78 is 5.84. The van der Waals surface area contributed by atoms with E-state index < -0.39 is 18.0 Å². The Morgan fingerprint density at radius 2 is 1.88 bits per heavy atom. The molecule has 3 aromatic rings. The molecule has 0 radical (unpaired) electrons. The lowest BCUT2D eigenvalue weighted by Gasteiger charge is -2.12. The topological polar surface area (TPSA) is 81.2 Å². The average molecular weight is 431 g/mol. The molecule has 134 valence electrons. The number of halogens is 3. The monoisotopic (exact) mass is 429 g/mol. The van der Waals surface area contributed by atoms with E-state index in [0.29, 0.717) is 20.1 Å². The fourth-order valence-corrected chi connectivity index (χ4v) is 4.34. The highest BCUT2D eigenvalue weighted by Crippen LogP contribution is 2.41. The average Bonchev–Trinajstić information content (AvgIpc) is 2.92. The molecule has 6 nitrogen and oxygen atoms in total. The summed E-state index contributed by atoms with van der Waals surface area (Å²) in [5.41, 5.74) is 0. The summed E-state index contributed by atoms with van der Waals surface area (Å²) in [6.45, 7) is 1.43. The second-order valence-electron chi connectivity index (χ2n) is 5.12. The minimum Gasteiger partial charge on any atom is -0.448 e. The van der Waals surface area contributed by atoms with Gasteiger partial charge in [0.2, 0.25) is 5.95 Å². The van der Waals surface area contributed by atoms with Crippen LogP contribution < -0.4 is 5.32 Å². The van der Waals surface area contributed by atoms with Crippen LogP contribution in [-0.2, 0) is 9.53 Å². The number of hydrogen-bond acceptors (Lipinski definition) is 6. The van der Waals surface area contributed by atoms with Crippen LogP contribution >= 0.6 is 46.1 Å². The van der Waals surface area contributed by atoms with E-state index in [9.17, 15) is 9.59 Å². The molecular weight excluding hydrogens is 421 g/mol. The smallest absolute Gasteiger partial charge is 0.350 e. The molecule has 2 aromatic heterocycles. The first-order chi connectivity index (χ1) is 12.4. The Labute approximate surface area is 167 Å². The molecule has 0 spiro atoms. The second-order valence-corrected chi connectivity index (χ2v) is 7.39. The van der Waals surface area contributed by atoms with E-state index in [1.807, 2.05) is 0 Å². The van der Waals surface area contributed by atoms with Crippen molar-refractivity contribution in [2.24, 2.45) is 0 Å². The second kappa shape index (κ2) is 7.75. The van der Waals surface area contributed by atoms with E-state index in [1.54, 1.807) is 12.1 Å². The van der Waals surface area contributed by atoms with Gasteiger partial charge in [0, 0.05) is 27.5 Å². The van der Waals surface area contributed by atoms with Crippen molar-refractivity contribution in [2.45, 2.75) is 13.0 Å². The number of fused-ring (bicyclic) bond motifs is 1. The normalized spacial score (nSPS) is 12.0. The van der Waals surface area contributed by atoms with Crippen molar-refractivity contribution in [3.05, 3.63) is 50.5 Å². The van der Waals surface area contributed by atoms with Crippen LogP contribution in [0.4, 0.5) is 5.95 Å². The minimum absolute atomic E-state index is 0.113. The Kier molecular flexibility index (Phi) is 5.62. The summed E-state index contributed by atoms with van der Waals surface area (Å²) in [6.07, 6.45) is 1.88. The van der Waals surface area contributed by atoms with Gasteiger partial charge in [-0.05, 0) is 25.1 Å². The summed E-state index contributed by atoms with van der Waals surface area (Å²) >= 11 is 19.5. The summed E-state index contributed by atoms with van der Waals surface area (Å²) in [7, 11) is 0. The van der Waals surface area contributed by atoms with Crippen LogP contribution in [-0.4, -0.2) is 27.9 Å². The third kappa shape index (κ3) is 3.91. The number of rotatable bonds is 4. The lowest BCUT2D eigenvalue weighted by atomic mass is 10.2. The van der Waals surface area contributed by atoms with Crippen molar-refractivity contribution < 1.29 is 14.3 Å². The van der Waals surface area contributed by atoms with Gasteiger partial charge in [-0.3, -0.25) is 10.1 Å². The molecule has 0 aliphatic carbocycles. The Morgan fingerprint density at radius 1 is 1.19 bits per heavy atom. The number of amides is 1. The Hall–Kier alpha value is -1.93. The summed E-state index contributed by atoms with van der Waals surface area (Å²) in [4.78, 5) is 32.4. The number of hydrogen-bond donors (Lipinski definition) is 1. The van der Waals surface area contributed by atoms with Gasteiger partial charge in [0.25, 0.3) is 5.91 Å². The van der Waals surface area contributed by atoms with Crippen molar-refractivity contribution in [3.63, 3.8) is 0 Å². The number of esters is 1. The Bertz CT molecular complexity index is 995. The van der Waals surface area contributed by atoms with Crippen molar-refractivity contribution >= 4 is 74.1 Å². The van der Waals surface area contributed by atoms with Crippen molar-refractivity contribution in [1.29, 1.82) is 0 Å². The predicted octanol–water partition coefficient (Wildman–Crippen LogP) is 4.84. The molecule has 0 fully saturated rings. The maximum Gasteiger partial charge on any atom is 0.350 e. The molecule has 0 aliphatic rings. The van der Waals surface area contributed by atoms with Gasteiger partial charge in [-0.2, -0.15) is 0 Å². The Morgan fingerprint density at radius 3 is 2.58 bits per heavy atom. The Balaban J connectivity index is 1.77. The van der Waals surface area contributed by atoms with Crippen molar-refractivity contribution in [2.75, 3.05) is 5.32 Å². The highest BCUT2D eigenvalue weighted by atomic mass is 35.5. The van der Waals surface area contributed by atoms with Crippen LogP contribution in [0.2, 0.25) is 15.1 Å². The highest BCUT2D eigenvalue weighted by molar-refractivity contribution is 7.21. The van der Waals surface area contributed by atoms with Crippen LogP contribution in [0.3, 0.4) is 0 Å². The van der Waals surface area contributed by atoms with Crippen LogP contribution in [0.5, 0.6) is 0 Å². The SMILES string of the molecule is CC(OC(=O)c1sc2cc(Cl)cc(Cl)c2c1Cl)C(=O)Nc1ncccn1. The van der Waals surface area contributed by atoms with Crippen LogP contribution in [0.15, 0.2) is 30.6 Å². The maximum atomic E-state index is 12.4. The van der Waals surface area contributed by atoms with Gasteiger partial charge in [0.15, 0.2) is 6.10 Å².